The standard InChI is InChI=1S/C13H18ClNO3/c1-8(7-17-3)15-12-6-10(14)5-11(9(12)2)13(16)18-4/h5-6,8,15H,7H2,1-4H3. The lowest BCUT2D eigenvalue weighted by Gasteiger charge is -2.18. The Hall–Kier alpha value is -1.26. The summed E-state index contributed by atoms with van der Waals surface area (Å²) in [7, 11) is 2.99. The van der Waals surface area contributed by atoms with Crippen molar-refractivity contribution in [1.29, 1.82) is 0 Å². The van der Waals surface area contributed by atoms with Crippen LogP contribution in [0.4, 0.5) is 5.69 Å². The summed E-state index contributed by atoms with van der Waals surface area (Å²) in [4.78, 5) is 11.6. The maximum atomic E-state index is 11.6. The first-order chi connectivity index (χ1) is 8.49. The van der Waals surface area contributed by atoms with Crippen LogP contribution in [0.3, 0.4) is 0 Å². The van der Waals surface area contributed by atoms with E-state index in [2.05, 4.69) is 5.32 Å². The van der Waals surface area contributed by atoms with E-state index in [4.69, 9.17) is 21.1 Å². The Balaban J connectivity index is 3.05. The molecular formula is C13H18ClNO3. The van der Waals surface area contributed by atoms with Crippen LogP contribution in [-0.4, -0.2) is 32.8 Å². The minimum Gasteiger partial charge on any atom is -0.465 e. The molecule has 0 fully saturated rings. The molecule has 0 saturated heterocycles. The van der Waals surface area contributed by atoms with Crippen molar-refractivity contribution in [3.05, 3.63) is 28.3 Å². The predicted octanol–water partition coefficient (Wildman–Crippen LogP) is 2.88. The Morgan fingerprint density at radius 1 is 1.44 bits per heavy atom. The van der Waals surface area contributed by atoms with Crippen LogP contribution in [0.2, 0.25) is 5.02 Å². The van der Waals surface area contributed by atoms with Crippen molar-refractivity contribution in [2.75, 3.05) is 26.1 Å². The van der Waals surface area contributed by atoms with Crippen molar-refractivity contribution >= 4 is 23.3 Å². The van der Waals surface area contributed by atoms with Gasteiger partial charge in [-0.25, -0.2) is 4.79 Å². The lowest BCUT2D eigenvalue weighted by molar-refractivity contribution is 0.0600. The van der Waals surface area contributed by atoms with E-state index in [0.717, 1.165) is 11.3 Å². The van der Waals surface area contributed by atoms with Gasteiger partial charge in [-0.05, 0) is 31.5 Å². The zero-order chi connectivity index (χ0) is 13.7. The summed E-state index contributed by atoms with van der Waals surface area (Å²) in [5, 5.41) is 3.75. The number of esters is 1. The molecule has 0 spiro atoms. The molecule has 1 aromatic rings. The lowest BCUT2D eigenvalue weighted by atomic mass is 10.1. The number of methoxy groups -OCH3 is 2. The second-order valence-corrected chi connectivity index (χ2v) is 4.55. The van der Waals surface area contributed by atoms with E-state index in [1.807, 2.05) is 13.8 Å². The third-order valence-corrected chi connectivity index (χ3v) is 2.81. The molecule has 0 radical (unpaired) electrons. The van der Waals surface area contributed by atoms with E-state index < -0.39 is 5.97 Å². The maximum absolute atomic E-state index is 11.6. The number of hydrogen-bond donors (Lipinski definition) is 1. The summed E-state index contributed by atoms with van der Waals surface area (Å²) in [5.74, 6) is -0.391. The first-order valence-electron chi connectivity index (χ1n) is 5.63. The second-order valence-electron chi connectivity index (χ2n) is 4.12. The molecule has 0 heterocycles. The lowest BCUT2D eigenvalue weighted by Crippen LogP contribution is -2.22. The predicted molar refractivity (Wildman–Crippen MR) is 72.5 cm³/mol. The SMILES string of the molecule is COCC(C)Nc1cc(Cl)cc(C(=O)OC)c1C. The fourth-order valence-corrected chi connectivity index (χ4v) is 1.93. The van der Waals surface area contributed by atoms with E-state index in [0.29, 0.717) is 17.2 Å². The van der Waals surface area contributed by atoms with Crippen molar-refractivity contribution in [1.82, 2.24) is 0 Å². The molecule has 0 amide bonds. The van der Waals surface area contributed by atoms with Crippen LogP contribution in [0.1, 0.15) is 22.8 Å². The van der Waals surface area contributed by atoms with Gasteiger partial charge in [0.05, 0.1) is 19.3 Å². The van der Waals surface area contributed by atoms with Crippen molar-refractivity contribution in [3.8, 4) is 0 Å². The Morgan fingerprint density at radius 3 is 2.67 bits per heavy atom. The van der Waals surface area contributed by atoms with Gasteiger partial charge in [-0.2, -0.15) is 0 Å². The highest BCUT2D eigenvalue weighted by molar-refractivity contribution is 6.31. The van der Waals surface area contributed by atoms with Gasteiger partial charge in [0, 0.05) is 23.9 Å². The van der Waals surface area contributed by atoms with Crippen LogP contribution in [-0.2, 0) is 9.47 Å². The maximum Gasteiger partial charge on any atom is 0.338 e. The van der Waals surface area contributed by atoms with E-state index in [-0.39, 0.29) is 6.04 Å². The molecule has 0 aliphatic heterocycles. The third kappa shape index (κ3) is 3.62. The van der Waals surface area contributed by atoms with Crippen LogP contribution >= 0.6 is 11.6 Å². The Labute approximate surface area is 112 Å². The van der Waals surface area contributed by atoms with Crippen LogP contribution in [0.25, 0.3) is 0 Å². The Kier molecular flexibility index (Phi) is 5.44. The van der Waals surface area contributed by atoms with Crippen LogP contribution in [0.15, 0.2) is 12.1 Å². The molecule has 1 rings (SSSR count). The van der Waals surface area contributed by atoms with Gasteiger partial charge in [0.15, 0.2) is 0 Å². The van der Waals surface area contributed by atoms with Gasteiger partial charge in [-0.15, -0.1) is 0 Å². The largest absolute Gasteiger partial charge is 0.465 e. The zero-order valence-electron chi connectivity index (χ0n) is 11.0. The average Bonchev–Trinajstić information content (AvgIpc) is 2.32. The van der Waals surface area contributed by atoms with Crippen LogP contribution in [0.5, 0.6) is 0 Å². The smallest absolute Gasteiger partial charge is 0.338 e. The number of ether oxygens (including phenoxy) is 2. The molecule has 1 aromatic carbocycles. The normalized spacial score (nSPS) is 12.1. The summed E-state index contributed by atoms with van der Waals surface area (Å²) >= 11 is 6.00. The summed E-state index contributed by atoms with van der Waals surface area (Å²) in [5.41, 5.74) is 2.10. The topological polar surface area (TPSA) is 47.6 Å². The van der Waals surface area contributed by atoms with Crippen LogP contribution in [0, 0.1) is 6.92 Å². The Bertz CT molecular complexity index is 434. The van der Waals surface area contributed by atoms with Crippen molar-refractivity contribution < 1.29 is 14.3 Å². The molecule has 0 aliphatic rings. The minimum absolute atomic E-state index is 0.123. The monoisotopic (exact) mass is 271 g/mol. The van der Waals surface area contributed by atoms with Gasteiger partial charge in [0.1, 0.15) is 0 Å². The number of rotatable bonds is 5. The van der Waals surface area contributed by atoms with Gasteiger partial charge >= 0.3 is 5.97 Å². The quantitative estimate of drug-likeness (QED) is 0.837. The highest BCUT2D eigenvalue weighted by Crippen LogP contribution is 2.26. The molecule has 4 nitrogen and oxygen atoms in total. The summed E-state index contributed by atoms with van der Waals surface area (Å²) in [6.07, 6.45) is 0. The highest BCUT2D eigenvalue weighted by Gasteiger charge is 2.15. The molecule has 18 heavy (non-hydrogen) atoms. The number of anilines is 1. The third-order valence-electron chi connectivity index (χ3n) is 2.60. The van der Waals surface area contributed by atoms with Gasteiger partial charge in [0.2, 0.25) is 0 Å². The molecule has 1 unspecified atom stereocenters. The number of hydrogen-bond acceptors (Lipinski definition) is 4. The number of nitrogens with one attached hydrogen (secondary N) is 1. The molecule has 1 N–H and O–H groups in total. The van der Waals surface area contributed by atoms with Crippen molar-refractivity contribution in [2.45, 2.75) is 19.9 Å². The average molecular weight is 272 g/mol. The molecular weight excluding hydrogens is 254 g/mol. The summed E-state index contributed by atoms with van der Waals surface area (Å²) in [6.45, 7) is 4.41. The first kappa shape index (κ1) is 14.8. The number of halogens is 1. The Morgan fingerprint density at radius 2 is 2.11 bits per heavy atom. The van der Waals surface area contributed by atoms with E-state index in [1.54, 1.807) is 19.2 Å². The molecule has 0 aromatic heterocycles. The molecule has 1 atom stereocenters. The van der Waals surface area contributed by atoms with Crippen molar-refractivity contribution in [2.24, 2.45) is 0 Å². The number of carbonyl (C=O) groups is 1. The van der Waals surface area contributed by atoms with Crippen molar-refractivity contribution in [3.63, 3.8) is 0 Å². The molecule has 5 heteroatoms. The second kappa shape index (κ2) is 6.61. The highest BCUT2D eigenvalue weighted by atomic mass is 35.5. The molecule has 0 aliphatic carbocycles. The molecule has 0 saturated carbocycles. The minimum atomic E-state index is -0.391. The summed E-state index contributed by atoms with van der Waals surface area (Å²) < 4.78 is 9.79. The number of carbonyl (C=O) groups excluding carboxylic acids is 1. The fraction of sp³-hybridized carbons (Fsp3) is 0.462. The van der Waals surface area contributed by atoms with E-state index in [9.17, 15) is 4.79 Å². The van der Waals surface area contributed by atoms with E-state index in [1.165, 1.54) is 7.11 Å². The molecule has 100 valence electrons. The first-order valence-corrected chi connectivity index (χ1v) is 6.01. The fourth-order valence-electron chi connectivity index (χ4n) is 1.71. The van der Waals surface area contributed by atoms with Crippen LogP contribution < -0.4 is 5.32 Å². The van der Waals surface area contributed by atoms with Gasteiger partial charge in [-0.1, -0.05) is 11.6 Å². The number of benzene rings is 1. The zero-order valence-corrected chi connectivity index (χ0v) is 11.8. The summed E-state index contributed by atoms with van der Waals surface area (Å²) in [6, 6.07) is 3.52. The van der Waals surface area contributed by atoms with Gasteiger partial charge in [0.25, 0.3) is 0 Å². The van der Waals surface area contributed by atoms with Gasteiger partial charge in [-0.3, -0.25) is 0 Å². The van der Waals surface area contributed by atoms with Gasteiger partial charge < -0.3 is 14.8 Å². The molecule has 0 bridgehead atoms. The van der Waals surface area contributed by atoms with E-state index >= 15 is 0 Å².